The first-order valence-corrected chi connectivity index (χ1v) is 7.03. The van der Waals surface area contributed by atoms with E-state index in [9.17, 15) is 9.59 Å². The summed E-state index contributed by atoms with van der Waals surface area (Å²) in [4.78, 5) is 22.2. The Labute approximate surface area is 125 Å². The summed E-state index contributed by atoms with van der Waals surface area (Å²) < 4.78 is 0. The van der Waals surface area contributed by atoms with Gasteiger partial charge in [0, 0.05) is 12.1 Å². The molecule has 0 unspecified atom stereocenters. The summed E-state index contributed by atoms with van der Waals surface area (Å²) in [5.41, 5.74) is 1.52. The first-order valence-electron chi connectivity index (χ1n) is 6.22. The van der Waals surface area contributed by atoms with Crippen LogP contribution in [0.3, 0.4) is 0 Å². The Morgan fingerprint density at radius 3 is 2.48 bits per heavy atom. The van der Waals surface area contributed by atoms with Gasteiger partial charge in [-0.1, -0.05) is 23.5 Å². The summed E-state index contributed by atoms with van der Waals surface area (Å²) in [5, 5.41) is 22.7. The monoisotopic (exact) mass is 306 g/mol. The van der Waals surface area contributed by atoms with Crippen molar-refractivity contribution >= 4 is 34.2 Å². The van der Waals surface area contributed by atoms with E-state index in [4.69, 9.17) is 5.11 Å². The number of aryl methyl sites for hydroxylation is 2. The zero-order valence-corrected chi connectivity index (χ0v) is 12.1. The number of amides is 2. The van der Waals surface area contributed by atoms with Crippen molar-refractivity contribution in [2.75, 3.05) is 10.6 Å². The van der Waals surface area contributed by atoms with E-state index in [1.54, 1.807) is 31.2 Å². The molecule has 0 atom stereocenters. The van der Waals surface area contributed by atoms with Crippen LogP contribution in [-0.2, 0) is 11.2 Å². The van der Waals surface area contributed by atoms with Crippen molar-refractivity contribution < 1.29 is 14.7 Å². The summed E-state index contributed by atoms with van der Waals surface area (Å²) in [6.07, 6.45) is 0.551. The Morgan fingerprint density at radius 2 is 1.90 bits per heavy atom. The van der Waals surface area contributed by atoms with Crippen LogP contribution in [0.25, 0.3) is 0 Å². The molecular weight excluding hydrogens is 292 g/mol. The first-order chi connectivity index (χ1) is 10.0. The predicted molar refractivity (Wildman–Crippen MR) is 79.7 cm³/mol. The lowest BCUT2D eigenvalue weighted by Gasteiger charge is -2.06. The standard InChI is InChI=1S/C13H14N4O3S/c1-8-16-17-13(21-8)15-12(20)14-10-5-2-9(3-6-10)4-7-11(18)19/h2-3,5-6H,4,7H2,1H3,(H,18,19)(H2,14,15,17,20). The molecule has 1 heterocycles. The van der Waals surface area contributed by atoms with Gasteiger partial charge in [-0.05, 0) is 31.0 Å². The third-order valence-corrected chi connectivity index (χ3v) is 3.34. The molecule has 0 saturated heterocycles. The molecule has 110 valence electrons. The highest BCUT2D eigenvalue weighted by Crippen LogP contribution is 2.15. The molecule has 0 bridgehead atoms. The van der Waals surface area contributed by atoms with Crippen LogP contribution in [0.2, 0.25) is 0 Å². The quantitative estimate of drug-likeness (QED) is 0.787. The van der Waals surface area contributed by atoms with E-state index in [1.807, 2.05) is 0 Å². The molecule has 8 heteroatoms. The molecule has 2 amide bonds. The Balaban J connectivity index is 1.87. The number of urea groups is 1. The van der Waals surface area contributed by atoms with Crippen LogP contribution in [0.1, 0.15) is 17.0 Å². The van der Waals surface area contributed by atoms with Gasteiger partial charge in [0.2, 0.25) is 5.13 Å². The lowest BCUT2D eigenvalue weighted by Crippen LogP contribution is -2.19. The van der Waals surface area contributed by atoms with Gasteiger partial charge in [-0.15, -0.1) is 10.2 Å². The van der Waals surface area contributed by atoms with Crippen molar-refractivity contribution in [3.05, 3.63) is 34.8 Å². The van der Waals surface area contributed by atoms with E-state index >= 15 is 0 Å². The van der Waals surface area contributed by atoms with Crippen molar-refractivity contribution in [2.24, 2.45) is 0 Å². The molecule has 3 N–H and O–H groups in total. The van der Waals surface area contributed by atoms with Crippen molar-refractivity contribution in [3.8, 4) is 0 Å². The number of hydrogen-bond acceptors (Lipinski definition) is 5. The topological polar surface area (TPSA) is 104 Å². The fourth-order valence-electron chi connectivity index (χ4n) is 1.61. The third-order valence-electron chi connectivity index (χ3n) is 2.59. The normalized spacial score (nSPS) is 10.1. The van der Waals surface area contributed by atoms with Crippen LogP contribution in [-0.4, -0.2) is 27.3 Å². The van der Waals surface area contributed by atoms with E-state index in [-0.39, 0.29) is 6.42 Å². The molecule has 0 aliphatic carbocycles. The Hall–Kier alpha value is -2.48. The second-order valence-corrected chi connectivity index (χ2v) is 5.48. The van der Waals surface area contributed by atoms with Crippen LogP contribution in [0.4, 0.5) is 15.6 Å². The number of carboxylic acid groups (broad SMARTS) is 1. The number of anilines is 2. The minimum absolute atomic E-state index is 0.0870. The molecule has 0 spiro atoms. The number of hydrogen-bond donors (Lipinski definition) is 3. The second-order valence-electron chi connectivity index (χ2n) is 4.30. The second kappa shape index (κ2) is 6.80. The highest BCUT2D eigenvalue weighted by Gasteiger charge is 2.06. The summed E-state index contributed by atoms with van der Waals surface area (Å²) >= 11 is 1.29. The van der Waals surface area contributed by atoms with Crippen LogP contribution in [0.15, 0.2) is 24.3 Å². The summed E-state index contributed by atoms with van der Waals surface area (Å²) in [6, 6.07) is 6.62. The van der Waals surface area contributed by atoms with Gasteiger partial charge >= 0.3 is 12.0 Å². The van der Waals surface area contributed by atoms with Gasteiger partial charge in [-0.25, -0.2) is 4.79 Å². The number of benzene rings is 1. The maximum atomic E-state index is 11.7. The van der Waals surface area contributed by atoms with Gasteiger partial charge in [0.05, 0.1) is 0 Å². The summed E-state index contributed by atoms with van der Waals surface area (Å²) in [6.45, 7) is 1.80. The molecule has 0 aliphatic rings. The minimum Gasteiger partial charge on any atom is -0.481 e. The summed E-state index contributed by atoms with van der Waals surface area (Å²) in [7, 11) is 0. The van der Waals surface area contributed by atoms with Crippen LogP contribution in [0.5, 0.6) is 0 Å². The molecule has 0 aliphatic heterocycles. The number of aromatic nitrogens is 2. The van der Waals surface area contributed by atoms with Crippen LogP contribution < -0.4 is 10.6 Å². The maximum Gasteiger partial charge on any atom is 0.325 e. The lowest BCUT2D eigenvalue weighted by atomic mass is 10.1. The number of carboxylic acids is 1. The summed E-state index contributed by atoms with van der Waals surface area (Å²) in [5.74, 6) is -0.830. The van der Waals surface area contributed by atoms with E-state index in [1.165, 1.54) is 11.3 Å². The minimum atomic E-state index is -0.830. The molecule has 0 radical (unpaired) electrons. The smallest absolute Gasteiger partial charge is 0.325 e. The van der Waals surface area contributed by atoms with E-state index in [2.05, 4.69) is 20.8 Å². The SMILES string of the molecule is Cc1nnc(NC(=O)Nc2ccc(CCC(=O)O)cc2)s1. The van der Waals surface area contributed by atoms with Crippen molar-refractivity contribution in [1.29, 1.82) is 0 Å². The number of nitrogens with zero attached hydrogens (tertiary/aromatic N) is 2. The van der Waals surface area contributed by atoms with Gasteiger partial charge in [0.1, 0.15) is 5.01 Å². The van der Waals surface area contributed by atoms with E-state index < -0.39 is 12.0 Å². The number of nitrogens with one attached hydrogen (secondary N) is 2. The average Bonchev–Trinajstić information content (AvgIpc) is 2.83. The molecule has 0 fully saturated rings. The fraction of sp³-hybridized carbons (Fsp3) is 0.231. The third kappa shape index (κ3) is 4.84. The Bertz CT molecular complexity index is 639. The van der Waals surface area contributed by atoms with Gasteiger partial charge in [0.15, 0.2) is 0 Å². The number of aliphatic carboxylic acids is 1. The van der Waals surface area contributed by atoms with Crippen LogP contribution in [0, 0.1) is 6.92 Å². The number of rotatable bonds is 5. The molecule has 1 aromatic heterocycles. The van der Waals surface area contributed by atoms with Crippen molar-refractivity contribution in [1.82, 2.24) is 10.2 Å². The zero-order chi connectivity index (χ0) is 15.2. The van der Waals surface area contributed by atoms with Gasteiger partial charge in [-0.2, -0.15) is 0 Å². The molecule has 0 saturated carbocycles. The number of carbonyl (C=O) groups excluding carboxylic acids is 1. The largest absolute Gasteiger partial charge is 0.481 e. The van der Waals surface area contributed by atoms with Gasteiger partial charge in [0.25, 0.3) is 0 Å². The van der Waals surface area contributed by atoms with Gasteiger partial charge in [-0.3, -0.25) is 10.1 Å². The molecule has 7 nitrogen and oxygen atoms in total. The van der Waals surface area contributed by atoms with Crippen molar-refractivity contribution in [2.45, 2.75) is 19.8 Å². The van der Waals surface area contributed by atoms with E-state index in [0.717, 1.165) is 10.6 Å². The van der Waals surface area contributed by atoms with Crippen molar-refractivity contribution in [3.63, 3.8) is 0 Å². The lowest BCUT2D eigenvalue weighted by molar-refractivity contribution is -0.136. The molecule has 2 aromatic rings. The molecule has 21 heavy (non-hydrogen) atoms. The Kier molecular flexibility index (Phi) is 4.83. The number of carbonyl (C=O) groups is 2. The fourth-order valence-corrected chi connectivity index (χ4v) is 2.20. The first kappa shape index (κ1) is 14.9. The Morgan fingerprint density at radius 1 is 1.19 bits per heavy atom. The predicted octanol–water partition coefficient (Wildman–Crippen LogP) is 2.51. The molecule has 2 rings (SSSR count). The highest BCUT2D eigenvalue weighted by molar-refractivity contribution is 7.15. The average molecular weight is 306 g/mol. The zero-order valence-electron chi connectivity index (χ0n) is 11.3. The van der Waals surface area contributed by atoms with Crippen LogP contribution >= 0.6 is 11.3 Å². The molecular formula is C13H14N4O3S. The van der Waals surface area contributed by atoms with E-state index in [0.29, 0.717) is 17.2 Å². The maximum absolute atomic E-state index is 11.7. The van der Waals surface area contributed by atoms with Gasteiger partial charge < -0.3 is 10.4 Å². The molecule has 1 aromatic carbocycles. The highest BCUT2D eigenvalue weighted by atomic mass is 32.1.